The standard InChI is InChI=1S/C21H23NO3/c1-15(2)12-17-13-20(23)18-10-6-7-11-19(18)22(17)21(24)25-14-16-8-4-3-5-9-16/h3-11,15,17H,12-14H2,1-2H3. The van der Waals surface area contributed by atoms with E-state index in [4.69, 9.17) is 4.74 Å². The van der Waals surface area contributed by atoms with Crippen LogP contribution < -0.4 is 4.90 Å². The lowest BCUT2D eigenvalue weighted by molar-refractivity contribution is 0.0957. The number of Topliss-reactive ketones (excluding diaryl/α,β-unsaturated/α-hetero) is 1. The quantitative estimate of drug-likeness (QED) is 0.802. The highest BCUT2D eigenvalue weighted by Gasteiger charge is 2.36. The van der Waals surface area contributed by atoms with E-state index in [9.17, 15) is 9.59 Å². The molecule has 1 heterocycles. The third-order valence-corrected chi connectivity index (χ3v) is 4.40. The number of para-hydroxylation sites is 1. The Kier molecular flexibility index (Phi) is 5.17. The molecule has 0 fully saturated rings. The largest absolute Gasteiger partial charge is 0.444 e. The van der Waals surface area contributed by atoms with Crippen LogP contribution in [0.5, 0.6) is 0 Å². The number of carbonyl (C=O) groups is 2. The van der Waals surface area contributed by atoms with Gasteiger partial charge >= 0.3 is 6.09 Å². The smallest absolute Gasteiger partial charge is 0.414 e. The maximum atomic E-state index is 12.8. The van der Waals surface area contributed by atoms with E-state index in [1.54, 1.807) is 11.0 Å². The third-order valence-electron chi connectivity index (χ3n) is 4.40. The van der Waals surface area contributed by atoms with Crippen molar-refractivity contribution in [3.05, 3.63) is 65.7 Å². The Morgan fingerprint density at radius 1 is 1.12 bits per heavy atom. The van der Waals surface area contributed by atoms with Crippen LogP contribution in [-0.2, 0) is 11.3 Å². The van der Waals surface area contributed by atoms with Crippen molar-refractivity contribution in [1.82, 2.24) is 0 Å². The van der Waals surface area contributed by atoms with Crippen LogP contribution >= 0.6 is 0 Å². The summed E-state index contributed by atoms with van der Waals surface area (Å²) in [7, 11) is 0. The van der Waals surface area contributed by atoms with Gasteiger partial charge in [0.2, 0.25) is 0 Å². The fourth-order valence-electron chi connectivity index (χ4n) is 3.30. The topological polar surface area (TPSA) is 46.6 Å². The summed E-state index contributed by atoms with van der Waals surface area (Å²) in [5.74, 6) is 0.473. The molecule has 1 aliphatic heterocycles. The SMILES string of the molecule is CC(C)CC1CC(=O)c2ccccc2N1C(=O)OCc1ccccc1. The Morgan fingerprint density at radius 2 is 1.80 bits per heavy atom. The van der Waals surface area contributed by atoms with E-state index in [1.165, 1.54) is 0 Å². The molecule has 2 aromatic carbocycles. The predicted octanol–water partition coefficient (Wildman–Crippen LogP) is 4.83. The summed E-state index contributed by atoms with van der Waals surface area (Å²) < 4.78 is 5.55. The van der Waals surface area contributed by atoms with Crippen molar-refractivity contribution in [2.75, 3.05) is 4.90 Å². The zero-order valence-corrected chi connectivity index (χ0v) is 14.6. The van der Waals surface area contributed by atoms with Crippen LogP contribution in [0.3, 0.4) is 0 Å². The molecule has 4 heteroatoms. The molecule has 0 N–H and O–H groups in total. The molecule has 0 aliphatic carbocycles. The molecule has 2 aromatic rings. The summed E-state index contributed by atoms with van der Waals surface area (Å²) in [5, 5.41) is 0. The number of nitrogens with zero attached hydrogens (tertiary/aromatic N) is 1. The molecule has 0 radical (unpaired) electrons. The number of amides is 1. The van der Waals surface area contributed by atoms with Gasteiger partial charge in [-0.05, 0) is 30.0 Å². The van der Waals surface area contributed by atoms with Crippen LogP contribution in [0.15, 0.2) is 54.6 Å². The first-order valence-electron chi connectivity index (χ1n) is 8.68. The molecule has 0 spiro atoms. The van der Waals surface area contributed by atoms with E-state index in [0.717, 1.165) is 12.0 Å². The van der Waals surface area contributed by atoms with Gasteiger partial charge in [0.05, 0.1) is 5.69 Å². The van der Waals surface area contributed by atoms with E-state index in [-0.39, 0.29) is 18.4 Å². The monoisotopic (exact) mass is 337 g/mol. The van der Waals surface area contributed by atoms with Crippen molar-refractivity contribution in [2.45, 2.75) is 39.3 Å². The zero-order chi connectivity index (χ0) is 17.8. The normalized spacial score (nSPS) is 16.7. The number of benzene rings is 2. The molecule has 1 amide bonds. The maximum absolute atomic E-state index is 12.8. The summed E-state index contributed by atoms with van der Waals surface area (Å²) in [5.41, 5.74) is 2.19. The molecule has 25 heavy (non-hydrogen) atoms. The van der Waals surface area contributed by atoms with E-state index < -0.39 is 6.09 Å². The third kappa shape index (κ3) is 3.90. The second-order valence-electron chi connectivity index (χ2n) is 6.84. The number of hydrogen-bond acceptors (Lipinski definition) is 3. The van der Waals surface area contributed by atoms with E-state index in [2.05, 4.69) is 13.8 Å². The molecule has 0 saturated heterocycles. The number of ether oxygens (including phenoxy) is 1. The lowest BCUT2D eigenvalue weighted by Gasteiger charge is -2.36. The summed E-state index contributed by atoms with van der Waals surface area (Å²) in [6.07, 6.45) is 0.713. The van der Waals surface area contributed by atoms with E-state index in [1.807, 2.05) is 48.5 Å². The number of carbonyl (C=O) groups excluding carboxylic acids is 2. The summed E-state index contributed by atoms with van der Waals surface area (Å²) >= 11 is 0. The molecule has 1 aliphatic rings. The fourth-order valence-corrected chi connectivity index (χ4v) is 3.30. The van der Waals surface area contributed by atoms with Gasteiger partial charge in [0.15, 0.2) is 5.78 Å². The van der Waals surface area contributed by atoms with Gasteiger partial charge in [0.25, 0.3) is 0 Å². The Hall–Kier alpha value is -2.62. The highest BCUT2D eigenvalue weighted by atomic mass is 16.6. The van der Waals surface area contributed by atoms with Gasteiger partial charge in [-0.1, -0.05) is 56.3 Å². The van der Waals surface area contributed by atoms with Crippen molar-refractivity contribution in [1.29, 1.82) is 0 Å². The van der Waals surface area contributed by atoms with Crippen molar-refractivity contribution in [3.8, 4) is 0 Å². The number of rotatable bonds is 4. The number of fused-ring (bicyclic) bond motifs is 1. The Bertz CT molecular complexity index is 755. The molecule has 1 unspecified atom stereocenters. The minimum Gasteiger partial charge on any atom is -0.444 e. The summed E-state index contributed by atoms with van der Waals surface area (Å²) in [4.78, 5) is 26.9. The molecule has 1 atom stereocenters. The predicted molar refractivity (Wildman–Crippen MR) is 97.7 cm³/mol. The molecule has 0 aromatic heterocycles. The highest BCUT2D eigenvalue weighted by Crippen LogP contribution is 2.33. The van der Waals surface area contributed by atoms with Gasteiger partial charge in [-0.15, -0.1) is 0 Å². The summed E-state index contributed by atoms with van der Waals surface area (Å²) in [6.45, 7) is 4.41. The number of hydrogen-bond donors (Lipinski definition) is 0. The van der Waals surface area contributed by atoms with Crippen LogP contribution in [0.25, 0.3) is 0 Å². The fraction of sp³-hybridized carbons (Fsp3) is 0.333. The zero-order valence-electron chi connectivity index (χ0n) is 14.6. The van der Waals surface area contributed by atoms with Crippen molar-refractivity contribution in [3.63, 3.8) is 0 Å². The Labute approximate surface area is 148 Å². The van der Waals surface area contributed by atoms with Crippen LogP contribution in [0.2, 0.25) is 0 Å². The van der Waals surface area contributed by atoms with Gasteiger partial charge in [-0.2, -0.15) is 0 Å². The molecule has 130 valence electrons. The van der Waals surface area contributed by atoms with Gasteiger partial charge in [-0.25, -0.2) is 4.79 Å². The second kappa shape index (κ2) is 7.51. The Balaban J connectivity index is 1.84. The average molecular weight is 337 g/mol. The molecule has 0 bridgehead atoms. The minimum absolute atomic E-state index is 0.0911. The maximum Gasteiger partial charge on any atom is 0.414 e. The first-order chi connectivity index (χ1) is 12.1. The van der Waals surface area contributed by atoms with Gasteiger partial charge in [0.1, 0.15) is 6.61 Å². The molecule has 0 saturated carbocycles. The van der Waals surface area contributed by atoms with Gasteiger partial charge in [-0.3, -0.25) is 9.69 Å². The lowest BCUT2D eigenvalue weighted by Crippen LogP contribution is -2.46. The number of ketones is 1. The van der Waals surface area contributed by atoms with Crippen LogP contribution in [0.4, 0.5) is 10.5 Å². The second-order valence-corrected chi connectivity index (χ2v) is 6.84. The first kappa shape index (κ1) is 17.2. The molecule has 3 rings (SSSR count). The van der Waals surface area contributed by atoms with Crippen LogP contribution in [0.1, 0.15) is 42.6 Å². The first-order valence-corrected chi connectivity index (χ1v) is 8.68. The highest BCUT2D eigenvalue weighted by molar-refractivity contribution is 6.08. The van der Waals surface area contributed by atoms with Gasteiger partial charge < -0.3 is 4.74 Å². The van der Waals surface area contributed by atoms with E-state index in [0.29, 0.717) is 23.6 Å². The Morgan fingerprint density at radius 3 is 2.52 bits per heavy atom. The van der Waals surface area contributed by atoms with Gasteiger partial charge in [0, 0.05) is 18.0 Å². The molecular formula is C21H23NO3. The molecular weight excluding hydrogens is 314 g/mol. The van der Waals surface area contributed by atoms with Crippen molar-refractivity contribution < 1.29 is 14.3 Å². The molecule has 4 nitrogen and oxygen atoms in total. The lowest BCUT2D eigenvalue weighted by atomic mass is 9.90. The van der Waals surface area contributed by atoms with E-state index >= 15 is 0 Å². The van der Waals surface area contributed by atoms with Crippen molar-refractivity contribution >= 4 is 17.6 Å². The minimum atomic E-state index is -0.394. The number of anilines is 1. The van der Waals surface area contributed by atoms with Crippen LogP contribution in [-0.4, -0.2) is 17.9 Å². The summed E-state index contributed by atoms with van der Waals surface area (Å²) in [6, 6.07) is 16.7. The average Bonchev–Trinajstić information content (AvgIpc) is 2.60. The van der Waals surface area contributed by atoms with Crippen LogP contribution in [0, 0.1) is 5.92 Å². The van der Waals surface area contributed by atoms with Crippen molar-refractivity contribution in [2.24, 2.45) is 5.92 Å².